The van der Waals surface area contributed by atoms with E-state index in [1.54, 1.807) is 6.29 Å². The van der Waals surface area contributed by atoms with Gasteiger partial charge in [-0.1, -0.05) is 0 Å². The van der Waals surface area contributed by atoms with Crippen LogP contribution in [0.1, 0.15) is 12.8 Å². The Labute approximate surface area is 72.9 Å². The molecule has 0 aliphatic carbocycles. The average molecular weight is 171 g/mol. The van der Waals surface area contributed by atoms with Crippen molar-refractivity contribution >= 4 is 12.2 Å². The zero-order valence-electron chi connectivity index (χ0n) is 7.59. The van der Waals surface area contributed by atoms with E-state index >= 15 is 0 Å². The minimum absolute atomic E-state index is 0.0831. The number of hydrogen-bond donors (Lipinski definition) is 1. The maximum atomic E-state index is 10.9. The standard InChI is InChI=1S/C8H15N2O2/c1-10(2)6-5-9-8(12)4-3-7-11/h3-6H2,1-2H3,(H,9,12). The lowest BCUT2D eigenvalue weighted by Crippen LogP contribution is -2.31. The molecule has 0 heterocycles. The van der Waals surface area contributed by atoms with Crippen molar-refractivity contribution in [2.45, 2.75) is 12.8 Å². The van der Waals surface area contributed by atoms with Gasteiger partial charge in [-0.15, -0.1) is 0 Å². The zero-order valence-corrected chi connectivity index (χ0v) is 7.59. The summed E-state index contributed by atoms with van der Waals surface area (Å²) < 4.78 is 0. The lowest BCUT2D eigenvalue weighted by molar-refractivity contribution is -0.120. The molecule has 0 saturated heterocycles. The van der Waals surface area contributed by atoms with Crippen molar-refractivity contribution < 1.29 is 9.59 Å². The highest BCUT2D eigenvalue weighted by molar-refractivity contribution is 5.78. The Morgan fingerprint density at radius 3 is 2.67 bits per heavy atom. The van der Waals surface area contributed by atoms with Gasteiger partial charge in [0.05, 0.1) is 0 Å². The van der Waals surface area contributed by atoms with Crippen molar-refractivity contribution in [2.75, 3.05) is 27.2 Å². The average Bonchev–Trinajstić information content (AvgIpc) is 2.00. The first-order valence-corrected chi connectivity index (χ1v) is 3.93. The third-order valence-corrected chi connectivity index (χ3v) is 1.34. The summed E-state index contributed by atoms with van der Waals surface area (Å²) in [7, 11) is 3.87. The number of nitrogens with one attached hydrogen (secondary N) is 1. The number of carbonyl (C=O) groups is 1. The molecule has 0 aromatic carbocycles. The highest BCUT2D eigenvalue weighted by atomic mass is 16.1. The number of hydrogen-bond acceptors (Lipinski definition) is 3. The topological polar surface area (TPSA) is 49.4 Å². The fraction of sp³-hybridized carbons (Fsp3) is 0.750. The van der Waals surface area contributed by atoms with Crippen molar-refractivity contribution in [3.8, 4) is 0 Å². The van der Waals surface area contributed by atoms with Gasteiger partial charge in [-0.2, -0.15) is 0 Å². The van der Waals surface area contributed by atoms with Crippen LogP contribution in [0, 0.1) is 0 Å². The first-order chi connectivity index (χ1) is 5.66. The molecule has 1 radical (unpaired) electrons. The second-order valence-corrected chi connectivity index (χ2v) is 2.80. The summed E-state index contributed by atoms with van der Waals surface area (Å²) in [6.07, 6.45) is 2.11. The predicted octanol–water partition coefficient (Wildman–Crippen LogP) is -0.446. The molecule has 0 rings (SSSR count). The second-order valence-electron chi connectivity index (χ2n) is 2.80. The zero-order chi connectivity index (χ0) is 9.40. The minimum Gasteiger partial charge on any atom is -0.355 e. The van der Waals surface area contributed by atoms with Gasteiger partial charge in [0.1, 0.15) is 0 Å². The molecular weight excluding hydrogens is 156 g/mol. The summed E-state index contributed by atoms with van der Waals surface area (Å²) >= 11 is 0. The van der Waals surface area contributed by atoms with Crippen molar-refractivity contribution in [1.29, 1.82) is 0 Å². The monoisotopic (exact) mass is 171 g/mol. The Kier molecular flexibility index (Phi) is 6.28. The first-order valence-electron chi connectivity index (χ1n) is 3.93. The van der Waals surface area contributed by atoms with Gasteiger partial charge in [0.15, 0.2) is 6.29 Å². The van der Waals surface area contributed by atoms with E-state index in [1.807, 2.05) is 19.0 Å². The van der Waals surface area contributed by atoms with Crippen LogP contribution in [0.4, 0.5) is 0 Å². The molecule has 1 N–H and O–H groups in total. The molecule has 12 heavy (non-hydrogen) atoms. The smallest absolute Gasteiger partial charge is 0.220 e. The van der Waals surface area contributed by atoms with Crippen LogP contribution in [-0.2, 0) is 9.59 Å². The third kappa shape index (κ3) is 7.21. The highest BCUT2D eigenvalue weighted by Gasteiger charge is 1.99. The van der Waals surface area contributed by atoms with Crippen LogP contribution in [-0.4, -0.2) is 44.3 Å². The van der Waals surface area contributed by atoms with Crippen molar-refractivity contribution in [3.05, 3.63) is 0 Å². The minimum atomic E-state index is -0.0831. The normalized spacial score (nSPS) is 9.92. The van der Waals surface area contributed by atoms with Crippen LogP contribution < -0.4 is 5.32 Å². The van der Waals surface area contributed by atoms with Gasteiger partial charge in [0.25, 0.3) is 0 Å². The number of nitrogens with zero attached hydrogens (tertiary/aromatic N) is 1. The molecule has 0 fully saturated rings. The van der Waals surface area contributed by atoms with E-state index in [0.717, 1.165) is 6.54 Å². The Morgan fingerprint density at radius 1 is 1.50 bits per heavy atom. The van der Waals surface area contributed by atoms with Crippen molar-refractivity contribution in [2.24, 2.45) is 0 Å². The fourth-order valence-electron chi connectivity index (χ4n) is 0.672. The molecule has 0 aromatic rings. The number of rotatable bonds is 6. The van der Waals surface area contributed by atoms with E-state index in [2.05, 4.69) is 5.32 Å². The van der Waals surface area contributed by atoms with Gasteiger partial charge in [-0.05, 0) is 14.1 Å². The maximum absolute atomic E-state index is 10.9. The van der Waals surface area contributed by atoms with E-state index in [1.165, 1.54) is 0 Å². The summed E-state index contributed by atoms with van der Waals surface area (Å²) in [6.45, 7) is 1.45. The Bertz CT molecular complexity index is 146. The summed E-state index contributed by atoms with van der Waals surface area (Å²) in [5.41, 5.74) is 0. The summed E-state index contributed by atoms with van der Waals surface area (Å²) in [6, 6.07) is 0. The molecule has 0 aromatic heterocycles. The van der Waals surface area contributed by atoms with Gasteiger partial charge in [0, 0.05) is 25.9 Å². The molecule has 1 amide bonds. The molecule has 0 atom stereocenters. The predicted molar refractivity (Wildman–Crippen MR) is 46.5 cm³/mol. The third-order valence-electron chi connectivity index (χ3n) is 1.34. The molecule has 4 nitrogen and oxygen atoms in total. The molecule has 4 heteroatoms. The van der Waals surface area contributed by atoms with Crippen molar-refractivity contribution in [3.63, 3.8) is 0 Å². The van der Waals surface area contributed by atoms with E-state index < -0.39 is 0 Å². The number of carbonyl (C=O) groups excluding carboxylic acids is 2. The van der Waals surface area contributed by atoms with Crippen LogP contribution in [0.5, 0.6) is 0 Å². The van der Waals surface area contributed by atoms with Gasteiger partial charge < -0.3 is 10.2 Å². The van der Waals surface area contributed by atoms with Crippen molar-refractivity contribution in [1.82, 2.24) is 10.2 Å². The number of amides is 1. The molecule has 69 valence electrons. The largest absolute Gasteiger partial charge is 0.355 e. The van der Waals surface area contributed by atoms with Crippen LogP contribution in [0.15, 0.2) is 0 Å². The Hall–Kier alpha value is -0.900. The van der Waals surface area contributed by atoms with Gasteiger partial charge in [-0.3, -0.25) is 9.59 Å². The van der Waals surface area contributed by atoms with E-state index in [9.17, 15) is 9.59 Å². The second kappa shape index (κ2) is 6.79. The lowest BCUT2D eigenvalue weighted by Gasteiger charge is -2.09. The quantitative estimate of drug-likeness (QED) is 0.589. The van der Waals surface area contributed by atoms with Gasteiger partial charge >= 0.3 is 0 Å². The molecule has 0 aliphatic heterocycles. The lowest BCUT2D eigenvalue weighted by atomic mass is 10.3. The molecule has 0 saturated carbocycles. The van der Waals surface area contributed by atoms with Crippen LogP contribution in [0.3, 0.4) is 0 Å². The van der Waals surface area contributed by atoms with Crippen LogP contribution in [0.25, 0.3) is 0 Å². The van der Waals surface area contributed by atoms with E-state index in [0.29, 0.717) is 6.54 Å². The SMILES string of the molecule is CN(C)CCNC(=O)CC[C]=O. The summed E-state index contributed by atoms with van der Waals surface area (Å²) in [5.74, 6) is -0.0831. The Balaban J connectivity index is 3.25. The van der Waals surface area contributed by atoms with Crippen LogP contribution >= 0.6 is 0 Å². The van der Waals surface area contributed by atoms with Gasteiger partial charge in [0.2, 0.25) is 5.91 Å². The summed E-state index contributed by atoms with van der Waals surface area (Å²) in [4.78, 5) is 22.6. The van der Waals surface area contributed by atoms with Crippen LogP contribution in [0.2, 0.25) is 0 Å². The highest BCUT2D eigenvalue weighted by Crippen LogP contribution is 1.83. The Morgan fingerprint density at radius 2 is 2.17 bits per heavy atom. The molecule has 0 aliphatic rings. The number of likely N-dealkylation sites (N-methyl/N-ethyl adjacent to an activating group) is 1. The molecule has 0 spiro atoms. The fourth-order valence-corrected chi connectivity index (χ4v) is 0.672. The molecule has 0 unspecified atom stereocenters. The van der Waals surface area contributed by atoms with E-state index in [-0.39, 0.29) is 18.7 Å². The van der Waals surface area contributed by atoms with E-state index in [4.69, 9.17) is 0 Å². The first kappa shape index (κ1) is 11.1. The molecule has 0 bridgehead atoms. The maximum Gasteiger partial charge on any atom is 0.220 e. The summed E-state index contributed by atoms with van der Waals surface area (Å²) in [5, 5.41) is 2.69. The molecular formula is C8H15N2O2. The van der Waals surface area contributed by atoms with Gasteiger partial charge in [-0.25, -0.2) is 0 Å².